The molecular formula is C18H28N2. The van der Waals surface area contributed by atoms with E-state index in [1.807, 2.05) is 0 Å². The van der Waals surface area contributed by atoms with Crippen molar-refractivity contribution >= 4 is 0 Å². The van der Waals surface area contributed by atoms with E-state index in [4.69, 9.17) is 5.73 Å². The number of nitrogens with two attached hydrogens (primary N) is 1. The summed E-state index contributed by atoms with van der Waals surface area (Å²) in [5.74, 6) is 0. The van der Waals surface area contributed by atoms with E-state index in [0.29, 0.717) is 11.5 Å². The first-order chi connectivity index (χ1) is 9.83. The Balaban J connectivity index is 1.67. The third-order valence-electron chi connectivity index (χ3n) is 5.59. The molecule has 1 aliphatic heterocycles. The molecule has 1 unspecified atom stereocenters. The summed E-state index contributed by atoms with van der Waals surface area (Å²) in [5.41, 5.74) is 8.02. The summed E-state index contributed by atoms with van der Waals surface area (Å²) in [4.78, 5) is 2.69. The summed E-state index contributed by atoms with van der Waals surface area (Å²) in [5, 5.41) is 0. The number of benzene rings is 1. The first-order valence-corrected chi connectivity index (χ1v) is 8.32. The topological polar surface area (TPSA) is 29.3 Å². The molecule has 0 aromatic heterocycles. The van der Waals surface area contributed by atoms with Crippen LogP contribution in [0.1, 0.15) is 56.6 Å². The number of rotatable bonds is 4. The van der Waals surface area contributed by atoms with Gasteiger partial charge in [-0.15, -0.1) is 0 Å². The van der Waals surface area contributed by atoms with Gasteiger partial charge in [0.15, 0.2) is 0 Å². The quantitative estimate of drug-likeness (QED) is 0.905. The normalized spacial score (nSPS) is 24.1. The minimum atomic E-state index is 0.528. The Morgan fingerprint density at radius 1 is 1.00 bits per heavy atom. The fourth-order valence-corrected chi connectivity index (χ4v) is 4.33. The molecule has 1 spiro atoms. The minimum Gasteiger partial charge on any atom is -0.330 e. The van der Waals surface area contributed by atoms with Gasteiger partial charge in [0.25, 0.3) is 0 Å². The molecule has 1 atom stereocenters. The summed E-state index contributed by atoms with van der Waals surface area (Å²) in [6, 6.07) is 11.5. The van der Waals surface area contributed by atoms with Gasteiger partial charge in [-0.2, -0.15) is 0 Å². The summed E-state index contributed by atoms with van der Waals surface area (Å²) < 4.78 is 0. The molecule has 0 bridgehead atoms. The standard InChI is InChI=1S/C18H28N2/c19-13-8-17(16-6-2-1-3-7-16)20-14-11-18(12-15-20)9-4-5-10-18/h1-3,6-7,17H,4-5,8-15,19H2. The van der Waals surface area contributed by atoms with Crippen LogP contribution < -0.4 is 5.73 Å². The number of nitrogens with zero attached hydrogens (tertiary/aromatic N) is 1. The largest absolute Gasteiger partial charge is 0.330 e. The molecule has 1 saturated carbocycles. The zero-order chi connectivity index (χ0) is 13.8. The second kappa shape index (κ2) is 6.28. The molecule has 2 heteroatoms. The lowest BCUT2D eigenvalue weighted by Gasteiger charge is -2.43. The van der Waals surface area contributed by atoms with Gasteiger partial charge >= 0.3 is 0 Å². The maximum atomic E-state index is 5.86. The van der Waals surface area contributed by atoms with Gasteiger partial charge in [-0.3, -0.25) is 4.90 Å². The van der Waals surface area contributed by atoms with Gasteiger partial charge < -0.3 is 5.73 Å². The van der Waals surface area contributed by atoms with Gasteiger partial charge in [-0.1, -0.05) is 43.2 Å². The molecular weight excluding hydrogens is 244 g/mol. The Kier molecular flexibility index (Phi) is 4.42. The molecule has 20 heavy (non-hydrogen) atoms. The Morgan fingerprint density at radius 2 is 1.65 bits per heavy atom. The van der Waals surface area contributed by atoms with E-state index in [2.05, 4.69) is 35.2 Å². The van der Waals surface area contributed by atoms with Crippen LogP contribution in [0.4, 0.5) is 0 Å². The molecule has 1 aliphatic carbocycles. The van der Waals surface area contributed by atoms with Crippen LogP contribution in [0.25, 0.3) is 0 Å². The van der Waals surface area contributed by atoms with E-state index in [1.54, 1.807) is 0 Å². The van der Waals surface area contributed by atoms with Gasteiger partial charge in [-0.05, 0) is 62.7 Å². The fraction of sp³-hybridized carbons (Fsp3) is 0.667. The average Bonchev–Trinajstić information content (AvgIpc) is 2.95. The average molecular weight is 272 g/mol. The number of hydrogen-bond acceptors (Lipinski definition) is 2. The molecule has 2 N–H and O–H groups in total. The van der Waals surface area contributed by atoms with Crippen LogP contribution in [0.2, 0.25) is 0 Å². The summed E-state index contributed by atoms with van der Waals surface area (Å²) in [6.45, 7) is 3.31. The smallest absolute Gasteiger partial charge is 0.0360 e. The summed E-state index contributed by atoms with van der Waals surface area (Å²) in [6.07, 6.45) is 9.77. The highest BCUT2D eigenvalue weighted by molar-refractivity contribution is 5.19. The summed E-state index contributed by atoms with van der Waals surface area (Å²) in [7, 11) is 0. The molecule has 0 amide bonds. The lowest BCUT2D eigenvalue weighted by Crippen LogP contribution is -2.41. The Bertz CT molecular complexity index is 399. The van der Waals surface area contributed by atoms with Crippen molar-refractivity contribution in [3.8, 4) is 0 Å². The SMILES string of the molecule is NCCC(c1ccccc1)N1CCC2(CCCC2)CC1. The molecule has 1 heterocycles. The van der Waals surface area contributed by atoms with Crippen LogP contribution in [-0.4, -0.2) is 24.5 Å². The van der Waals surface area contributed by atoms with Crippen molar-refractivity contribution in [3.05, 3.63) is 35.9 Å². The fourth-order valence-electron chi connectivity index (χ4n) is 4.33. The van der Waals surface area contributed by atoms with Crippen molar-refractivity contribution in [3.63, 3.8) is 0 Å². The zero-order valence-electron chi connectivity index (χ0n) is 12.6. The Hall–Kier alpha value is -0.860. The van der Waals surface area contributed by atoms with Crippen molar-refractivity contribution in [1.29, 1.82) is 0 Å². The lowest BCUT2D eigenvalue weighted by molar-refractivity contribution is 0.0730. The first kappa shape index (κ1) is 14.1. The lowest BCUT2D eigenvalue weighted by atomic mass is 9.76. The van der Waals surface area contributed by atoms with Crippen molar-refractivity contribution in [1.82, 2.24) is 4.90 Å². The van der Waals surface area contributed by atoms with Crippen LogP contribution in [0.5, 0.6) is 0 Å². The highest BCUT2D eigenvalue weighted by atomic mass is 15.2. The second-order valence-corrected chi connectivity index (χ2v) is 6.75. The van der Waals surface area contributed by atoms with Crippen LogP contribution in [0.3, 0.4) is 0 Å². The van der Waals surface area contributed by atoms with E-state index in [-0.39, 0.29) is 0 Å². The highest BCUT2D eigenvalue weighted by Crippen LogP contribution is 2.47. The van der Waals surface area contributed by atoms with Gasteiger partial charge in [0.2, 0.25) is 0 Å². The minimum absolute atomic E-state index is 0.528. The van der Waals surface area contributed by atoms with Gasteiger partial charge in [0.1, 0.15) is 0 Å². The van der Waals surface area contributed by atoms with E-state index < -0.39 is 0 Å². The van der Waals surface area contributed by atoms with Crippen molar-refractivity contribution in [2.45, 2.75) is 51.0 Å². The monoisotopic (exact) mass is 272 g/mol. The predicted octanol–water partition coefficient (Wildman–Crippen LogP) is 3.73. The van der Waals surface area contributed by atoms with E-state index in [1.165, 1.54) is 57.2 Å². The Labute approximate surface area is 123 Å². The molecule has 0 radical (unpaired) electrons. The molecule has 1 saturated heterocycles. The first-order valence-electron chi connectivity index (χ1n) is 8.32. The number of hydrogen-bond donors (Lipinski definition) is 1. The van der Waals surface area contributed by atoms with Crippen LogP contribution in [0, 0.1) is 5.41 Å². The second-order valence-electron chi connectivity index (χ2n) is 6.75. The number of piperidine rings is 1. The van der Waals surface area contributed by atoms with Gasteiger partial charge in [-0.25, -0.2) is 0 Å². The molecule has 2 fully saturated rings. The van der Waals surface area contributed by atoms with Crippen LogP contribution in [-0.2, 0) is 0 Å². The van der Waals surface area contributed by atoms with Crippen LogP contribution >= 0.6 is 0 Å². The third-order valence-corrected chi connectivity index (χ3v) is 5.59. The molecule has 110 valence electrons. The molecule has 2 nitrogen and oxygen atoms in total. The van der Waals surface area contributed by atoms with Gasteiger partial charge in [0, 0.05) is 6.04 Å². The van der Waals surface area contributed by atoms with Crippen LogP contribution in [0.15, 0.2) is 30.3 Å². The van der Waals surface area contributed by atoms with E-state index >= 15 is 0 Å². The Morgan fingerprint density at radius 3 is 2.25 bits per heavy atom. The van der Waals surface area contributed by atoms with Gasteiger partial charge in [0.05, 0.1) is 0 Å². The highest BCUT2D eigenvalue weighted by Gasteiger charge is 2.38. The summed E-state index contributed by atoms with van der Waals surface area (Å²) >= 11 is 0. The molecule has 2 aliphatic rings. The van der Waals surface area contributed by atoms with Crippen molar-refractivity contribution in [2.75, 3.05) is 19.6 Å². The number of likely N-dealkylation sites (tertiary alicyclic amines) is 1. The third kappa shape index (κ3) is 2.91. The zero-order valence-corrected chi connectivity index (χ0v) is 12.6. The predicted molar refractivity (Wildman–Crippen MR) is 84.6 cm³/mol. The maximum absolute atomic E-state index is 5.86. The molecule has 1 aromatic carbocycles. The van der Waals surface area contributed by atoms with E-state index in [0.717, 1.165) is 13.0 Å². The molecule has 1 aromatic rings. The molecule has 3 rings (SSSR count). The van der Waals surface area contributed by atoms with E-state index in [9.17, 15) is 0 Å². The maximum Gasteiger partial charge on any atom is 0.0360 e. The van der Waals surface area contributed by atoms with Crippen molar-refractivity contribution in [2.24, 2.45) is 11.1 Å². The van der Waals surface area contributed by atoms with Crippen molar-refractivity contribution < 1.29 is 0 Å².